The number of benzene rings is 2. The van der Waals surface area contributed by atoms with Crippen LogP contribution in [0, 0.1) is 10.1 Å². The van der Waals surface area contributed by atoms with E-state index in [1.54, 1.807) is 6.07 Å². The zero-order chi connectivity index (χ0) is 16.3. The topological polar surface area (TPSA) is 67.5 Å². The first kappa shape index (κ1) is 16.8. The van der Waals surface area contributed by atoms with Gasteiger partial charge >= 0.3 is 0 Å². The van der Waals surface area contributed by atoms with E-state index in [-0.39, 0.29) is 10.7 Å². The van der Waals surface area contributed by atoms with Crippen molar-refractivity contribution < 1.29 is 4.92 Å². The van der Waals surface area contributed by atoms with Crippen molar-refractivity contribution in [1.29, 1.82) is 0 Å². The molecule has 0 heterocycles. The minimum absolute atomic E-state index is 0.0545. The van der Waals surface area contributed by atoms with Gasteiger partial charge in [-0.25, -0.2) is 0 Å². The van der Waals surface area contributed by atoms with Crippen LogP contribution in [0.4, 0.5) is 11.4 Å². The minimum atomic E-state index is -0.569. The Bertz CT molecular complexity index is 742. The molecule has 0 amide bonds. The molecule has 22 heavy (non-hydrogen) atoms. The average Bonchev–Trinajstić information content (AvgIpc) is 2.43. The summed E-state index contributed by atoms with van der Waals surface area (Å²) >= 11 is 23.5. The van der Waals surface area contributed by atoms with E-state index in [9.17, 15) is 10.1 Å². The van der Waals surface area contributed by atoms with Gasteiger partial charge in [-0.15, -0.1) is 0 Å². The summed E-state index contributed by atoms with van der Waals surface area (Å²) in [6.07, 6.45) is 1.38. The zero-order valence-corrected chi connectivity index (χ0v) is 13.7. The number of hydrazone groups is 1. The van der Waals surface area contributed by atoms with Crippen LogP contribution in [0.25, 0.3) is 0 Å². The van der Waals surface area contributed by atoms with E-state index in [0.717, 1.165) is 0 Å². The Morgan fingerprint density at radius 2 is 1.68 bits per heavy atom. The average molecular weight is 379 g/mol. The lowest BCUT2D eigenvalue weighted by Crippen LogP contribution is -1.94. The third-order valence-electron chi connectivity index (χ3n) is 2.56. The first-order valence-electron chi connectivity index (χ1n) is 5.76. The smallest absolute Gasteiger partial charge is 0.275 e. The molecule has 0 radical (unpaired) electrons. The lowest BCUT2D eigenvalue weighted by atomic mass is 10.2. The number of rotatable bonds is 4. The van der Waals surface area contributed by atoms with Crippen LogP contribution in [0.3, 0.4) is 0 Å². The molecule has 2 aromatic rings. The van der Waals surface area contributed by atoms with Crippen LogP contribution < -0.4 is 5.43 Å². The van der Waals surface area contributed by atoms with Crippen LogP contribution in [-0.2, 0) is 0 Å². The summed E-state index contributed by atoms with van der Waals surface area (Å²) in [5, 5.41) is 15.8. The molecule has 114 valence electrons. The van der Waals surface area contributed by atoms with Crippen molar-refractivity contribution in [1.82, 2.24) is 0 Å². The number of hydrogen-bond acceptors (Lipinski definition) is 4. The summed E-state index contributed by atoms with van der Waals surface area (Å²) in [6, 6.07) is 7.34. The molecular weight excluding hydrogens is 372 g/mol. The molecule has 0 saturated carbocycles. The van der Waals surface area contributed by atoms with E-state index in [1.807, 2.05) is 0 Å². The molecule has 0 fully saturated rings. The third-order valence-corrected chi connectivity index (χ3v) is 3.70. The first-order valence-corrected chi connectivity index (χ1v) is 7.27. The third kappa shape index (κ3) is 4.01. The summed E-state index contributed by atoms with van der Waals surface area (Å²) in [5.41, 5.74) is 3.34. The maximum absolute atomic E-state index is 10.8. The van der Waals surface area contributed by atoms with Gasteiger partial charge in [0.25, 0.3) is 5.69 Å². The number of nitro groups is 1. The van der Waals surface area contributed by atoms with E-state index in [4.69, 9.17) is 46.4 Å². The molecule has 0 aromatic heterocycles. The summed E-state index contributed by atoms with van der Waals surface area (Å²) in [4.78, 5) is 10.2. The second-order valence-electron chi connectivity index (χ2n) is 4.08. The molecule has 0 saturated heterocycles. The van der Waals surface area contributed by atoms with Crippen molar-refractivity contribution in [3.05, 3.63) is 66.1 Å². The molecule has 0 aliphatic carbocycles. The van der Waals surface area contributed by atoms with Crippen molar-refractivity contribution in [2.24, 2.45) is 5.10 Å². The van der Waals surface area contributed by atoms with Gasteiger partial charge in [0.15, 0.2) is 0 Å². The van der Waals surface area contributed by atoms with Gasteiger partial charge in [0.1, 0.15) is 5.02 Å². The largest absolute Gasteiger partial charge is 0.288 e. The molecule has 5 nitrogen and oxygen atoms in total. The van der Waals surface area contributed by atoms with Gasteiger partial charge in [0, 0.05) is 16.7 Å². The number of halogens is 4. The van der Waals surface area contributed by atoms with E-state index in [2.05, 4.69) is 10.5 Å². The van der Waals surface area contributed by atoms with Crippen LogP contribution in [0.5, 0.6) is 0 Å². The summed E-state index contributed by atoms with van der Waals surface area (Å²) in [6.45, 7) is 0. The van der Waals surface area contributed by atoms with Gasteiger partial charge in [0.2, 0.25) is 0 Å². The zero-order valence-electron chi connectivity index (χ0n) is 10.7. The molecule has 0 unspecified atom stereocenters. The highest BCUT2D eigenvalue weighted by Crippen LogP contribution is 2.33. The Balaban J connectivity index is 2.20. The van der Waals surface area contributed by atoms with Gasteiger partial charge < -0.3 is 0 Å². The highest BCUT2D eigenvalue weighted by atomic mass is 35.5. The number of nitrogens with one attached hydrogen (secondary N) is 1. The molecule has 2 aromatic carbocycles. The first-order chi connectivity index (χ1) is 10.4. The Labute approximate surface area is 145 Å². The fraction of sp³-hybridized carbons (Fsp3) is 0. The SMILES string of the molecule is O=[N+]([O-])c1cc(C=NNc2c(Cl)cc(Cl)cc2Cl)ccc1Cl. The lowest BCUT2D eigenvalue weighted by Gasteiger charge is -2.06. The maximum atomic E-state index is 10.8. The van der Waals surface area contributed by atoms with Gasteiger partial charge in [-0.1, -0.05) is 52.5 Å². The van der Waals surface area contributed by atoms with Crippen molar-refractivity contribution in [2.45, 2.75) is 0 Å². The van der Waals surface area contributed by atoms with Crippen LogP contribution in [0.15, 0.2) is 35.4 Å². The van der Waals surface area contributed by atoms with E-state index < -0.39 is 4.92 Å². The summed E-state index contributed by atoms with van der Waals surface area (Å²) < 4.78 is 0. The molecule has 0 atom stereocenters. The number of nitro benzene ring substituents is 1. The predicted molar refractivity (Wildman–Crippen MR) is 90.8 cm³/mol. The molecule has 0 bridgehead atoms. The molecule has 0 aliphatic rings. The standard InChI is InChI=1S/C13H7Cl4N3O2/c14-8-4-10(16)13(11(17)5-8)19-18-6-7-1-2-9(15)12(3-7)20(21)22/h1-6,19H. The molecular formula is C13H7Cl4N3O2. The molecule has 0 spiro atoms. The fourth-order valence-corrected chi connectivity index (χ4v) is 2.66. The number of anilines is 1. The van der Waals surface area contributed by atoms with Crippen LogP contribution in [-0.4, -0.2) is 11.1 Å². The minimum Gasteiger partial charge on any atom is -0.275 e. The highest BCUT2D eigenvalue weighted by Gasteiger charge is 2.12. The Morgan fingerprint density at radius 1 is 1.05 bits per heavy atom. The van der Waals surface area contributed by atoms with Crippen molar-refractivity contribution in [3.8, 4) is 0 Å². The van der Waals surface area contributed by atoms with Gasteiger partial charge in [-0.3, -0.25) is 15.5 Å². The second kappa shape index (κ2) is 7.15. The van der Waals surface area contributed by atoms with Gasteiger partial charge in [-0.2, -0.15) is 5.10 Å². The Morgan fingerprint density at radius 3 is 2.27 bits per heavy atom. The van der Waals surface area contributed by atoms with Crippen molar-refractivity contribution in [2.75, 3.05) is 5.43 Å². The highest BCUT2D eigenvalue weighted by molar-refractivity contribution is 6.41. The molecule has 9 heteroatoms. The quantitative estimate of drug-likeness (QED) is 0.424. The number of nitrogens with zero attached hydrogens (tertiary/aromatic N) is 2. The fourth-order valence-electron chi connectivity index (χ4n) is 1.57. The summed E-state index contributed by atoms with van der Waals surface area (Å²) in [5.74, 6) is 0. The van der Waals surface area contributed by atoms with Crippen LogP contribution >= 0.6 is 46.4 Å². The van der Waals surface area contributed by atoms with E-state index in [1.165, 1.54) is 30.5 Å². The van der Waals surface area contributed by atoms with Crippen LogP contribution in [0.1, 0.15) is 5.56 Å². The monoisotopic (exact) mass is 377 g/mol. The Hall–Kier alpha value is -1.53. The van der Waals surface area contributed by atoms with E-state index >= 15 is 0 Å². The predicted octanol–water partition coefficient (Wildman–Crippen LogP) is 5.65. The van der Waals surface area contributed by atoms with E-state index in [0.29, 0.717) is 26.3 Å². The Kier molecular flexibility index (Phi) is 5.47. The summed E-state index contributed by atoms with van der Waals surface area (Å²) in [7, 11) is 0. The van der Waals surface area contributed by atoms with Crippen molar-refractivity contribution >= 4 is 64.0 Å². The lowest BCUT2D eigenvalue weighted by molar-refractivity contribution is -0.384. The molecule has 2 rings (SSSR count). The maximum Gasteiger partial charge on any atom is 0.288 e. The van der Waals surface area contributed by atoms with Crippen LogP contribution in [0.2, 0.25) is 20.1 Å². The number of hydrogen-bond donors (Lipinski definition) is 1. The van der Waals surface area contributed by atoms with Gasteiger partial charge in [0.05, 0.1) is 26.9 Å². The normalized spacial score (nSPS) is 10.9. The van der Waals surface area contributed by atoms with Crippen molar-refractivity contribution in [3.63, 3.8) is 0 Å². The van der Waals surface area contributed by atoms with Gasteiger partial charge in [-0.05, 0) is 18.2 Å². The molecule has 1 N–H and O–H groups in total. The molecule has 0 aliphatic heterocycles. The second-order valence-corrected chi connectivity index (χ2v) is 5.74.